The average Bonchev–Trinajstić information content (AvgIpc) is 2.82. The van der Waals surface area contributed by atoms with Gasteiger partial charge in [0.25, 0.3) is 0 Å². The zero-order chi connectivity index (χ0) is 13.7. The lowest BCUT2D eigenvalue weighted by Crippen LogP contribution is -2.45. The molecule has 4 atom stereocenters. The number of nitrogens with one attached hydrogen (secondary N) is 1. The molecule has 1 saturated carbocycles. The molecule has 2 aliphatic rings. The quantitative estimate of drug-likeness (QED) is 0.791. The Labute approximate surface area is 120 Å². The van der Waals surface area contributed by atoms with Gasteiger partial charge in [-0.3, -0.25) is 0 Å². The van der Waals surface area contributed by atoms with Gasteiger partial charge < -0.3 is 10.2 Å². The van der Waals surface area contributed by atoms with Gasteiger partial charge in [0.05, 0.1) is 0 Å². The smallest absolute Gasteiger partial charge is 0.0108 e. The van der Waals surface area contributed by atoms with E-state index in [-0.39, 0.29) is 0 Å². The molecule has 1 heterocycles. The molecule has 2 nitrogen and oxygen atoms in total. The molecule has 2 fully saturated rings. The van der Waals surface area contributed by atoms with E-state index in [4.69, 9.17) is 0 Å². The van der Waals surface area contributed by atoms with E-state index in [9.17, 15) is 0 Å². The molecule has 0 amide bonds. The summed E-state index contributed by atoms with van der Waals surface area (Å²) in [5, 5.41) is 3.82. The van der Waals surface area contributed by atoms with Gasteiger partial charge >= 0.3 is 0 Å². The number of rotatable bonds is 6. The van der Waals surface area contributed by atoms with Crippen molar-refractivity contribution in [3.63, 3.8) is 0 Å². The highest BCUT2D eigenvalue weighted by Crippen LogP contribution is 2.32. The first kappa shape index (κ1) is 15.3. The Hall–Kier alpha value is -0.0800. The molecule has 1 saturated heterocycles. The lowest BCUT2D eigenvalue weighted by molar-refractivity contribution is 0.150. The van der Waals surface area contributed by atoms with Crippen LogP contribution in [0.1, 0.15) is 59.3 Å². The van der Waals surface area contributed by atoms with Crippen LogP contribution in [0.15, 0.2) is 0 Å². The van der Waals surface area contributed by atoms with Crippen molar-refractivity contribution >= 4 is 0 Å². The van der Waals surface area contributed by atoms with Crippen molar-refractivity contribution in [2.45, 2.75) is 65.3 Å². The van der Waals surface area contributed by atoms with Crippen LogP contribution in [0.5, 0.6) is 0 Å². The summed E-state index contributed by atoms with van der Waals surface area (Å²) < 4.78 is 0. The Kier molecular flexibility index (Phi) is 6.15. The van der Waals surface area contributed by atoms with Crippen molar-refractivity contribution < 1.29 is 0 Å². The maximum Gasteiger partial charge on any atom is 0.0108 e. The van der Waals surface area contributed by atoms with E-state index in [1.165, 1.54) is 64.7 Å². The summed E-state index contributed by atoms with van der Waals surface area (Å²) in [5.41, 5.74) is 0. The van der Waals surface area contributed by atoms with Gasteiger partial charge in [-0.2, -0.15) is 0 Å². The molecule has 0 aromatic carbocycles. The monoisotopic (exact) mass is 266 g/mol. The fraction of sp³-hybridized carbons (Fsp3) is 1.00. The predicted molar refractivity (Wildman–Crippen MR) is 83.4 cm³/mol. The standard InChI is InChI=1S/C17H34N2/c1-4-9-18-17-7-6-15(5-2)11-16(17)13-19-10-8-14(3)12-19/h14-18H,4-13H2,1-3H3. The first-order valence-electron chi connectivity index (χ1n) is 8.68. The molecular formula is C17H34N2. The lowest BCUT2D eigenvalue weighted by atomic mass is 9.76. The summed E-state index contributed by atoms with van der Waals surface area (Å²) in [7, 11) is 0. The van der Waals surface area contributed by atoms with Gasteiger partial charge in [-0.15, -0.1) is 0 Å². The molecule has 1 aliphatic heterocycles. The summed E-state index contributed by atoms with van der Waals surface area (Å²) >= 11 is 0. The van der Waals surface area contributed by atoms with Crippen LogP contribution < -0.4 is 5.32 Å². The van der Waals surface area contributed by atoms with Crippen LogP contribution in [-0.2, 0) is 0 Å². The van der Waals surface area contributed by atoms with E-state index < -0.39 is 0 Å². The minimum atomic E-state index is 0.790. The van der Waals surface area contributed by atoms with Crippen molar-refractivity contribution in [1.82, 2.24) is 10.2 Å². The molecule has 0 spiro atoms. The summed E-state index contributed by atoms with van der Waals surface area (Å²) in [4.78, 5) is 2.73. The highest BCUT2D eigenvalue weighted by Gasteiger charge is 2.31. The van der Waals surface area contributed by atoms with E-state index >= 15 is 0 Å². The van der Waals surface area contributed by atoms with Gasteiger partial charge in [-0.1, -0.05) is 27.2 Å². The Balaban J connectivity index is 1.86. The molecule has 0 aromatic rings. The van der Waals surface area contributed by atoms with Crippen LogP contribution in [0, 0.1) is 17.8 Å². The highest BCUT2D eigenvalue weighted by atomic mass is 15.1. The largest absolute Gasteiger partial charge is 0.314 e. The summed E-state index contributed by atoms with van der Waals surface area (Å²) in [6.45, 7) is 12.3. The third-order valence-electron chi connectivity index (χ3n) is 5.33. The van der Waals surface area contributed by atoms with Crippen LogP contribution >= 0.6 is 0 Å². The molecule has 1 N–H and O–H groups in total. The van der Waals surface area contributed by atoms with E-state index in [1.54, 1.807) is 0 Å². The second-order valence-electron chi connectivity index (χ2n) is 7.06. The van der Waals surface area contributed by atoms with E-state index in [0.29, 0.717) is 0 Å². The van der Waals surface area contributed by atoms with Crippen LogP contribution in [-0.4, -0.2) is 37.1 Å². The minimum absolute atomic E-state index is 0.790. The van der Waals surface area contributed by atoms with Gasteiger partial charge in [0.2, 0.25) is 0 Å². The molecule has 0 radical (unpaired) electrons. The van der Waals surface area contributed by atoms with Crippen LogP contribution in [0.2, 0.25) is 0 Å². The molecule has 0 aromatic heterocycles. The molecule has 2 rings (SSSR count). The molecule has 1 aliphatic carbocycles. The number of likely N-dealkylation sites (tertiary alicyclic amines) is 1. The van der Waals surface area contributed by atoms with Crippen molar-refractivity contribution in [2.24, 2.45) is 17.8 Å². The first-order chi connectivity index (χ1) is 9.22. The zero-order valence-electron chi connectivity index (χ0n) is 13.3. The minimum Gasteiger partial charge on any atom is -0.314 e. The Bertz CT molecular complexity index is 254. The molecule has 19 heavy (non-hydrogen) atoms. The van der Waals surface area contributed by atoms with Gasteiger partial charge in [0.1, 0.15) is 0 Å². The first-order valence-corrected chi connectivity index (χ1v) is 8.68. The Morgan fingerprint density at radius 3 is 2.63 bits per heavy atom. The third kappa shape index (κ3) is 4.46. The Morgan fingerprint density at radius 2 is 2.00 bits per heavy atom. The van der Waals surface area contributed by atoms with Crippen LogP contribution in [0.4, 0.5) is 0 Å². The van der Waals surface area contributed by atoms with Gasteiger partial charge in [0.15, 0.2) is 0 Å². The molecule has 112 valence electrons. The highest BCUT2D eigenvalue weighted by molar-refractivity contribution is 4.87. The van der Waals surface area contributed by atoms with E-state index in [0.717, 1.165) is 23.8 Å². The topological polar surface area (TPSA) is 15.3 Å². The predicted octanol–water partition coefficient (Wildman–Crippen LogP) is 3.52. The van der Waals surface area contributed by atoms with Gasteiger partial charge in [-0.05, 0) is 62.9 Å². The van der Waals surface area contributed by atoms with E-state index in [2.05, 4.69) is 31.0 Å². The SMILES string of the molecule is CCCNC1CCC(CC)CC1CN1CCC(C)C1. The number of hydrogen-bond acceptors (Lipinski definition) is 2. The van der Waals surface area contributed by atoms with Crippen molar-refractivity contribution in [3.8, 4) is 0 Å². The van der Waals surface area contributed by atoms with E-state index in [1.807, 2.05) is 0 Å². The maximum absolute atomic E-state index is 3.82. The lowest BCUT2D eigenvalue weighted by Gasteiger charge is -2.38. The second kappa shape index (κ2) is 7.64. The summed E-state index contributed by atoms with van der Waals surface area (Å²) in [6, 6.07) is 0.790. The Morgan fingerprint density at radius 1 is 1.16 bits per heavy atom. The van der Waals surface area contributed by atoms with Crippen molar-refractivity contribution in [2.75, 3.05) is 26.2 Å². The fourth-order valence-corrected chi connectivity index (χ4v) is 4.06. The summed E-state index contributed by atoms with van der Waals surface area (Å²) in [6.07, 6.45) is 8.38. The summed E-state index contributed by atoms with van der Waals surface area (Å²) in [5.74, 6) is 2.81. The van der Waals surface area contributed by atoms with Gasteiger partial charge in [-0.25, -0.2) is 0 Å². The number of hydrogen-bond donors (Lipinski definition) is 1. The molecular weight excluding hydrogens is 232 g/mol. The zero-order valence-corrected chi connectivity index (χ0v) is 13.3. The van der Waals surface area contributed by atoms with Gasteiger partial charge in [0, 0.05) is 19.1 Å². The van der Waals surface area contributed by atoms with Crippen LogP contribution in [0.3, 0.4) is 0 Å². The molecule has 4 unspecified atom stereocenters. The maximum atomic E-state index is 3.82. The average molecular weight is 266 g/mol. The number of nitrogens with zero attached hydrogens (tertiary/aromatic N) is 1. The van der Waals surface area contributed by atoms with Crippen molar-refractivity contribution in [3.05, 3.63) is 0 Å². The molecule has 0 bridgehead atoms. The van der Waals surface area contributed by atoms with Crippen LogP contribution in [0.25, 0.3) is 0 Å². The molecule has 2 heteroatoms. The third-order valence-corrected chi connectivity index (χ3v) is 5.33. The second-order valence-corrected chi connectivity index (χ2v) is 7.06. The fourth-order valence-electron chi connectivity index (χ4n) is 4.06. The normalized spacial score (nSPS) is 36.8. The van der Waals surface area contributed by atoms with Crippen molar-refractivity contribution in [1.29, 1.82) is 0 Å².